The van der Waals surface area contributed by atoms with Gasteiger partial charge in [0.05, 0.1) is 5.38 Å². The number of hydrogen-bond acceptors (Lipinski definition) is 1. The van der Waals surface area contributed by atoms with Gasteiger partial charge in [-0.1, -0.05) is 0 Å². The van der Waals surface area contributed by atoms with E-state index in [1.54, 1.807) is 6.92 Å². The number of halogens is 2. The molecule has 1 aromatic heterocycles. The molecule has 0 aromatic carbocycles. The standard InChI is InChI=1S/C7H7ClFNO/c1-5(8)6-2-7(9)4-10(11)3-6/h2-5H,1H3. The maximum atomic E-state index is 12.5. The van der Waals surface area contributed by atoms with E-state index in [1.165, 1.54) is 12.3 Å². The fourth-order valence-corrected chi connectivity index (χ4v) is 0.876. The largest absolute Gasteiger partial charge is 0.619 e. The number of aromatic nitrogens is 1. The number of pyridine rings is 1. The van der Waals surface area contributed by atoms with Crippen molar-refractivity contribution < 1.29 is 9.12 Å². The number of hydrogen-bond donors (Lipinski definition) is 0. The van der Waals surface area contributed by atoms with Crippen molar-refractivity contribution in [3.05, 3.63) is 35.0 Å². The smallest absolute Gasteiger partial charge is 0.216 e. The average molecular weight is 176 g/mol. The van der Waals surface area contributed by atoms with Gasteiger partial charge >= 0.3 is 0 Å². The second kappa shape index (κ2) is 3.05. The lowest BCUT2D eigenvalue weighted by atomic mass is 10.2. The minimum absolute atomic E-state index is 0.342. The van der Waals surface area contributed by atoms with E-state index in [4.69, 9.17) is 11.6 Å². The van der Waals surface area contributed by atoms with Crippen LogP contribution in [0, 0.1) is 11.0 Å². The summed E-state index contributed by atoms with van der Waals surface area (Å²) in [6, 6.07) is 1.24. The molecule has 0 N–H and O–H groups in total. The van der Waals surface area contributed by atoms with Gasteiger partial charge in [-0.3, -0.25) is 0 Å². The molecule has 0 amide bonds. The molecular weight excluding hydrogens is 169 g/mol. The fraction of sp³-hybridized carbons (Fsp3) is 0.286. The first-order valence-electron chi connectivity index (χ1n) is 3.13. The second-order valence-electron chi connectivity index (χ2n) is 2.26. The molecule has 1 heterocycles. The third-order valence-corrected chi connectivity index (χ3v) is 1.54. The van der Waals surface area contributed by atoms with Crippen LogP contribution >= 0.6 is 11.6 Å². The monoisotopic (exact) mass is 175 g/mol. The second-order valence-corrected chi connectivity index (χ2v) is 2.92. The molecule has 1 aromatic rings. The quantitative estimate of drug-likeness (QED) is 0.363. The van der Waals surface area contributed by atoms with Crippen LogP contribution < -0.4 is 4.73 Å². The summed E-state index contributed by atoms with van der Waals surface area (Å²) in [5, 5.41) is 10.3. The van der Waals surface area contributed by atoms with E-state index in [0.29, 0.717) is 10.3 Å². The number of nitrogens with zero attached hydrogens (tertiary/aromatic N) is 1. The highest BCUT2D eigenvalue weighted by molar-refractivity contribution is 6.20. The van der Waals surface area contributed by atoms with E-state index in [2.05, 4.69) is 0 Å². The molecule has 0 aliphatic heterocycles. The van der Waals surface area contributed by atoms with Crippen molar-refractivity contribution in [1.82, 2.24) is 0 Å². The molecule has 4 heteroatoms. The summed E-state index contributed by atoms with van der Waals surface area (Å²) in [4.78, 5) is 0. The van der Waals surface area contributed by atoms with E-state index >= 15 is 0 Å². The summed E-state index contributed by atoms with van der Waals surface area (Å²) in [6.45, 7) is 1.68. The molecule has 0 bridgehead atoms. The summed E-state index contributed by atoms with van der Waals surface area (Å²) in [6.07, 6.45) is 2.10. The van der Waals surface area contributed by atoms with Crippen LogP contribution in [-0.2, 0) is 0 Å². The van der Waals surface area contributed by atoms with Crippen LogP contribution in [0.5, 0.6) is 0 Å². The lowest BCUT2D eigenvalue weighted by Gasteiger charge is -2.02. The summed E-state index contributed by atoms with van der Waals surface area (Å²) in [7, 11) is 0. The minimum atomic E-state index is -0.565. The van der Waals surface area contributed by atoms with Gasteiger partial charge in [0.25, 0.3) is 0 Å². The van der Waals surface area contributed by atoms with Crippen LogP contribution in [0.2, 0.25) is 0 Å². The molecule has 1 unspecified atom stereocenters. The first-order chi connectivity index (χ1) is 5.09. The van der Waals surface area contributed by atoms with Crippen LogP contribution in [0.1, 0.15) is 17.9 Å². The first kappa shape index (κ1) is 8.27. The maximum absolute atomic E-state index is 12.5. The van der Waals surface area contributed by atoms with E-state index in [9.17, 15) is 9.60 Å². The van der Waals surface area contributed by atoms with Gasteiger partial charge in [-0.25, -0.2) is 4.39 Å². The third-order valence-electron chi connectivity index (χ3n) is 1.29. The van der Waals surface area contributed by atoms with Crippen LogP contribution in [0.4, 0.5) is 4.39 Å². The summed E-state index contributed by atoms with van der Waals surface area (Å²) >= 11 is 5.63. The summed E-state index contributed by atoms with van der Waals surface area (Å²) in [5.41, 5.74) is 0.488. The Morgan fingerprint density at radius 2 is 2.27 bits per heavy atom. The van der Waals surface area contributed by atoms with Crippen molar-refractivity contribution in [2.45, 2.75) is 12.3 Å². The van der Waals surface area contributed by atoms with Gasteiger partial charge in [0.1, 0.15) is 0 Å². The highest BCUT2D eigenvalue weighted by Crippen LogP contribution is 2.17. The highest BCUT2D eigenvalue weighted by Gasteiger charge is 2.07. The molecule has 0 spiro atoms. The van der Waals surface area contributed by atoms with Crippen LogP contribution in [0.3, 0.4) is 0 Å². The van der Waals surface area contributed by atoms with Crippen LogP contribution in [0.15, 0.2) is 18.5 Å². The van der Waals surface area contributed by atoms with Crippen molar-refractivity contribution in [2.24, 2.45) is 0 Å². The number of alkyl halides is 1. The van der Waals surface area contributed by atoms with Crippen molar-refractivity contribution in [3.8, 4) is 0 Å². The minimum Gasteiger partial charge on any atom is -0.619 e. The third kappa shape index (κ3) is 2.05. The van der Waals surface area contributed by atoms with E-state index < -0.39 is 5.82 Å². The van der Waals surface area contributed by atoms with Gasteiger partial charge < -0.3 is 5.21 Å². The first-order valence-corrected chi connectivity index (χ1v) is 3.56. The normalized spacial score (nSPS) is 13.0. The molecule has 0 saturated heterocycles. The zero-order valence-electron chi connectivity index (χ0n) is 5.92. The lowest BCUT2D eigenvalue weighted by Crippen LogP contribution is -2.26. The van der Waals surface area contributed by atoms with Gasteiger partial charge in [-0.2, -0.15) is 4.73 Å². The molecule has 0 saturated carbocycles. The Bertz CT molecular complexity index is 244. The van der Waals surface area contributed by atoms with Gasteiger partial charge in [0.15, 0.2) is 12.0 Å². The van der Waals surface area contributed by atoms with E-state index in [1.807, 2.05) is 0 Å². The Morgan fingerprint density at radius 1 is 1.64 bits per heavy atom. The molecule has 1 atom stereocenters. The Balaban J connectivity index is 3.08. The van der Waals surface area contributed by atoms with E-state index in [-0.39, 0.29) is 5.38 Å². The number of rotatable bonds is 1. The molecular formula is C7H7ClFNO. The Kier molecular flexibility index (Phi) is 2.29. The van der Waals surface area contributed by atoms with Crippen molar-refractivity contribution in [1.29, 1.82) is 0 Å². The van der Waals surface area contributed by atoms with Crippen LogP contribution in [0.25, 0.3) is 0 Å². The zero-order valence-corrected chi connectivity index (χ0v) is 6.68. The molecule has 2 nitrogen and oxygen atoms in total. The Hall–Kier alpha value is -0.830. The van der Waals surface area contributed by atoms with Crippen molar-refractivity contribution in [2.75, 3.05) is 0 Å². The van der Waals surface area contributed by atoms with E-state index in [0.717, 1.165) is 6.20 Å². The van der Waals surface area contributed by atoms with Gasteiger partial charge in [-0.05, 0) is 13.0 Å². The SMILES string of the molecule is CC(Cl)c1cc(F)c[n+]([O-])c1. The summed E-state index contributed by atoms with van der Waals surface area (Å²) in [5.74, 6) is -0.565. The predicted molar refractivity (Wildman–Crippen MR) is 39.6 cm³/mol. The van der Waals surface area contributed by atoms with Gasteiger partial charge in [-0.15, -0.1) is 11.6 Å². The predicted octanol–water partition coefficient (Wildman–Crippen LogP) is 1.76. The summed E-state index contributed by atoms with van der Waals surface area (Å²) < 4.78 is 12.9. The molecule has 1 rings (SSSR count). The Morgan fingerprint density at radius 3 is 2.73 bits per heavy atom. The molecule has 0 aliphatic carbocycles. The topological polar surface area (TPSA) is 26.9 Å². The zero-order chi connectivity index (χ0) is 8.43. The van der Waals surface area contributed by atoms with Crippen molar-refractivity contribution in [3.63, 3.8) is 0 Å². The molecule has 60 valence electrons. The van der Waals surface area contributed by atoms with Crippen molar-refractivity contribution >= 4 is 11.6 Å². The molecule has 11 heavy (non-hydrogen) atoms. The average Bonchev–Trinajstić information content (AvgIpc) is 1.85. The van der Waals surface area contributed by atoms with Gasteiger partial charge in [0.2, 0.25) is 6.20 Å². The fourth-order valence-electron chi connectivity index (χ4n) is 0.757. The highest BCUT2D eigenvalue weighted by atomic mass is 35.5. The lowest BCUT2D eigenvalue weighted by molar-refractivity contribution is -0.607. The maximum Gasteiger partial charge on any atom is 0.216 e. The molecule has 0 fully saturated rings. The van der Waals surface area contributed by atoms with Gasteiger partial charge in [0, 0.05) is 5.56 Å². The Labute approximate surface area is 68.8 Å². The molecule has 0 aliphatic rings. The van der Waals surface area contributed by atoms with Crippen LogP contribution in [-0.4, -0.2) is 0 Å². The molecule has 0 radical (unpaired) electrons.